The summed E-state index contributed by atoms with van der Waals surface area (Å²) in [5, 5.41) is 10.1. The van der Waals surface area contributed by atoms with Crippen molar-refractivity contribution in [3.05, 3.63) is 36.5 Å². The molecule has 130 valence electrons. The van der Waals surface area contributed by atoms with Crippen LogP contribution >= 0.6 is 0 Å². The zero-order chi connectivity index (χ0) is 17.4. The van der Waals surface area contributed by atoms with Crippen LogP contribution in [0.25, 0.3) is 22.3 Å². The van der Waals surface area contributed by atoms with Crippen LogP contribution in [-0.4, -0.2) is 46.1 Å². The third kappa shape index (κ3) is 2.57. The van der Waals surface area contributed by atoms with Crippen molar-refractivity contribution in [2.24, 2.45) is 0 Å². The molecule has 1 aromatic carbocycles. The minimum absolute atomic E-state index is 0.273. The van der Waals surface area contributed by atoms with Crippen molar-refractivity contribution in [3.63, 3.8) is 0 Å². The maximum atomic E-state index is 5.55. The predicted molar refractivity (Wildman–Crippen MR) is 98.7 cm³/mol. The number of hydrogen-bond donors (Lipinski definition) is 0. The molecule has 1 saturated carbocycles. The molecular weight excluding hydrogens is 314 g/mol. The van der Waals surface area contributed by atoms with E-state index >= 15 is 0 Å². The van der Waals surface area contributed by atoms with Gasteiger partial charge in [0, 0.05) is 37.8 Å². The Labute approximate surface area is 147 Å². The van der Waals surface area contributed by atoms with E-state index in [9.17, 15) is 0 Å². The monoisotopic (exact) mass is 337 g/mol. The fourth-order valence-corrected chi connectivity index (χ4v) is 3.65. The number of benzene rings is 1. The average molecular weight is 337 g/mol. The number of methoxy groups -OCH3 is 1. The lowest BCUT2D eigenvalue weighted by atomic mass is 9.88. The van der Waals surface area contributed by atoms with E-state index in [1.54, 1.807) is 7.11 Å². The average Bonchev–Trinajstić information content (AvgIpc) is 3.04. The third-order valence-electron chi connectivity index (χ3n) is 5.21. The molecular formula is C19H23N5O. The second kappa shape index (κ2) is 6.44. The van der Waals surface area contributed by atoms with Gasteiger partial charge in [-0.15, -0.1) is 10.2 Å². The molecule has 2 aromatic heterocycles. The summed E-state index contributed by atoms with van der Waals surface area (Å²) in [5.41, 5.74) is 1.98. The molecule has 0 saturated heterocycles. The number of aromatic nitrogens is 4. The van der Waals surface area contributed by atoms with Gasteiger partial charge < -0.3 is 9.64 Å². The molecule has 6 nitrogen and oxygen atoms in total. The highest BCUT2D eigenvalue weighted by Crippen LogP contribution is 2.33. The Morgan fingerprint density at radius 2 is 2.04 bits per heavy atom. The van der Waals surface area contributed by atoms with Gasteiger partial charge in [0.05, 0.1) is 17.7 Å². The Bertz CT molecular complexity index is 883. The molecule has 2 atom stereocenters. The fourth-order valence-electron chi connectivity index (χ4n) is 3.65. The van der Waals surface area contributed by atoms with Gasteiger partial charge in [-0.1, -0.05) is 18.2 Å². The summed E-state index contributed by atoms with van der Waals surface area (Å²) in [5.74, 6) is 1.75. The van der Waals surface area contributed by atoms with Gasteiger partial charge in [0.1, 0.15) is 0 Å². The molecule has 3 aromatic rings. The summed E-state index contributed by atoms with van der Waals surface area (Å²) < 4.78 is 7.72. The molecule has 1 aliphatic rings. The summed E-state index contributed by atoms with van der Waals surface area (Å²) in [7, 11) is 3.86. The second-order valence-electron chi connectivity index (χ2n) is 6.48. The molecule has 2 heterocycles. The van der Waals surface area contributed by atoms with Crippen LogP contribution in [0.5, 0.6) is 0 Å². The minimum Gasteiger partial charge on any atom is -0.379 e. The van der Waals surface area contributed by atoms with Crippen LogP contribution in [0.15, 0.2) is 36.5 Å². The molecule has 2 unspecified atom stereocenters. The fraction of sp³-hybridized carbons (Fsp3) is 0.421. The molecule has 0 bridgehead atoms. The van der Waals surface area contributed by atoms with Gasteiger partial charge in [0.15, 0.2) is 5.82 Å². The lowest BCUT2D eigenvalue weighted by Gasteiger charge is -2.41. The number of para-hydroxylation sites is 1. The second-order valence-corrected chi connectivity index (χ2v) is 6.48. The molecule has 0 aliphatic heterocycles. The molecule has 25 heavy (non-hydrogen) atoms. The summed E-state index contributed by atoms with van der Waals surface area (Å²) in [6.45, 7) is 2.92. The summed E-state index contributed by atoms with van der Waals surface area (Å²) in [4.78, 5) is 6.76. The van der Waals surface area contributed by atoms with Gasteiger partial charge in [-0.25, -0.2) is 0 Å². The maximum Gasteiger partial charge on any atom is 0.227 e. The Hall–Kier alpha value is -2.47. The standard InChI is InChI=1S/C19H23N5O/c1-4-24-18(14-9-5-7-13-8-6-12-20-17(13)14)21-22-19(24)23(2)15-10-11-16(15)25-3/h5-9,12,15-16H,4,10-11H2,1-3H3. The van der Waals surface area contributed by atoms with Gasteiger partial charge in [0.25, 0.3) is 0 Å². The molecule has 1 fully saturated rings. The van der Waals surface area contributed by atoms with Crippen LogP contribution in [0, 0.1) is 0 Å². The molecule has 0 radical (unpaired) electrons. The van der Waals surface area contributed by atoms with Gasteiger partial charge in [-0.2, -0.15) is 0 Å². The first-order chi connectivity index (χ1) is 12.2. The highest BCUT2D eigenvalue weighted by molar-refractivity contribution is 5.91. The van der Waals surface area contributed by atoms with Gasteiger partial charge >= 0.3 is 0 Å². The van der Waals surface area contributed by atoms with Crippen molar-refractivity contribution in [1.29, 1.82) is 0 Å². The largest absolute Gasteiger partial charge is 0.379 e. The van der Waals surface area contributed by atoms with Crippen molar-refractivity contribution >= 4 is 16.9 Å². The number of ether oxygens (including phenoxy) is 1. The molecule has 0 N–H and O–H groups in total. The minimum atomic E-state index is 0.273. The number of hydrogen-bond acceptors (Lipinski definition) is 5. The quantitative estimate of drug-likeness (QED) is 0.716. The first-order valence-electron chi connectivity index (χ1n) is 8.77. The highest BCUT2D eigenvalue weighted by Gasteiger charge is 2.36. The molecule has 1 aliphatic carbocycles. The van der Waals surface area contributed by atoms with Crippen molar-refractivity contribution in [2.75, 3.05) is 19.1 Å². The van der Waals surface area contributed by atoms with E-state index in [-0.39, 0.29) is 6.10 Å². The van der Waals surface area contributed by atoms with Crippen LogP contribution in [-0.2, 0) is 11.3 Å². The van der Waals surface area contributed by atoms with Crippen molar-refractivity contribution < 1.29 is 4.74 Å². The van der Waals surface area contributed by atoms with Gasteiger partial charge in [-0.05, 0) is 31.9 Å². The van der Waals surface area contributed by atoms with E-state index in [2.05, 4.69) is 56.8 Å². The summed E-state index contributed by atoms with van der Waals surface area (Å²) in [6.07, 6.45) is 4.32. The summed E-state index contributed by atoms with van der Waals surface area (Å²) in [6, 6.07) is 10.6. The normalized spacial score (nSPS) is 19.8. The topological polar surface area (TPSA) is 56.1 Å². The molecule has 0 amide bonds. The van der Waals surface area contributed by atoms with Gasteiger partial charge in [0.2, 0.25) is 5.95 Å². The number of pyridine rings is 1. The number of anilines is 1. The van der Waals surface area contributed by atoms with E-state index in [4.69, 9.17) is 4.74 Å². The first kappa shape index (κ1) is 16.0. The smallest absolute Gasteiger partial charge is 0.227 e. The van der Waals surface area contributed by atoms with E-state index in [1.165, 1.54) is 0 Å². The van der Waals surface area contributed by atoms with E-state index < -0.39 is 0 Å². The first-order valence-corrected chi connectivity index (χ1v) is 8.77. The SMILES string of the molecule is CCn1c(-c2cccc3cccnc23)nnc1N(C)C1CCC1OC. The lowest BCUT2D eigenvalue weighted by Crippen LogP contribution is -2.50. The Morgan fingerprint density at radius 3 is 2.76 bits per heavy atom. The number of likely N-dealkylation sites (N-methyl/N-ethyl adjacent to an activating group) is 1. The van der Waals surface area contributed by atoms with Crippen molar-refractivity contribution in [1.82, 2.24) is 19.7 Å². The van der Waals surface area contributed by atoms with Crippen LogP contribution in [0.2, 0.25) is 0 Å². The maximum absolute atomic E-state index is 5.55. The van der Waals surface area contributed by atoms with E-state index in [0.717, 1.165) is 47.6 Å². The highest BCUT2D eigenvalue weighted by atomic mass is 16.5. The lowest BCUT2D eigenvalue weighted by molar-refractivity contribution is 0.0189. The van der Waals surface area contributed by atoms with Crippen LogP contribution in [0.4, 0.5) is 5.95 Å². The zero-order valence-electron chi connectivity index (χ0n) is 14.9. The molecule has 6 heteroatoms. The summed E-state index contributed by atoms with van der Waals surface area (Å²) >= 11 is 0. The third-order valence-corrected chi connectivity index (χ3v) is 5.21. The van der Waals surface area contributed by atoms with Crippen LogP contribution < -0.4 is 4.90 Å². The van der Waals surface area contributed by atoms with Crippen molar-refractivity contribution in [2.45, 2.75) is 38.5 Å². The van der Waals surface area contributed by atoms with E-state index in [0.29, 0.717) is 6.04 Å². The molecule has 0 spiro atoms. The Morgan fingerprint density at radius 1 is 1.20 bits per heavy atom. The van der Waals surface area contributed by atoms with E-state index in [1.807, 2.05) is 18.3 Å². The number of rotatable bonds is 5. The van der Waals surface area contributed by atoms with Gasteiger partial charge in [-0.3, -0.25) is 9.55 Å². The van der Waals surface area contributed by atoms with Crippen LogP contribution in [0.3, 0.4) is 0 Å². The zero-order valence-corrected chi connectivity index (χ0v) is 14.9. The van der Waals surface area contributed by atoms with Crippen molar-refractivity contribution in [3.8, 4) is 11.4 Å². The Kier molecular flexibility index (Phi) is 4.13. The number of nitrogens with zero attached hydrogens (tertiary/aromatic N) is 5. The number of fused-ring (bicyclic) bond motifs is 1. The molecule has 4 rings (SSSR count). The predicted octanol–water partition coefficient (Wildman–Crippen LogP) is 3.13. The van der Waals surface area contributed by atoms with Crippen LogP contribution in [0.1, 0.15) is 19.8 Å². The Balaban J connectivity index is 1.78.